The van der Waals surface area contributed by atoms with E-state index in [-0.39, 0.29) is 12.1 Å². The fourth-order valence-electron chi connectivity index (χ4n) is 2.57. The van der Waals surface area contributed by atoms with E-state index < -0.39 is 17.7 Å². The van der Waals surface area contributed by atoms with Crippen molar-refractivity contribution in [3.05, 3.63) is 59.2 Å². The van der Waals surface area contributed by atoms with Crippen molar-refractivity contribution in [1.82, 2.24) is 9.88 Å². The fourth-order valence-corrected chi connectivity index (χ4v) is 2.57. The third kappa shape index (κ3) is 5.30. The van der Waals surface area contributed by atoms with Gasteiger partial charge in [0.1, 0.15) is 5.60 Å². The lowest BCUT2D eigenvalue weighted by molar-refractivity contribution is 0.0244. The second-order valence-corrected chi connectivity index (χ2v) is 7.23. The minimum absolute atomic E-state index is 0.0942. The van der Waals surface area contributed by atoms with E-state index >= 15 is 0 Å². The molecular formula is C21H23N3O4. The third-order valence-electron chi connectivity index (χ3n) is 3.88. The number of ether oxygens (including phenoxy) is 1. The number of pyridine rings is 1. The lowest BCUT2D eigenvalue weighted by atomic mass is 10.0. The summed E-state index contributed by atoms with van der Waals surface area (Å²) in [6.07, 6.45) is 2.79. The zero-order valence-corrected chi connectivity index (χ0v) is 16.4. The minimum Gasteiger partial charge on any atom is -0.478 e. The van der Waals surface area contributed by atoms with Crippen LogP contribution in [0.15, 0.2) is 36.7 Å². The second-order valence-electron chi connectivity index (χ2n) is 7.23. The van der Waals surface area contributed by atoms with Gasteiger partial charge < -0.3 is 14.7 Å². The minimum atomic E-state index is -1.07. The van der Waals surface area contributed by atoms with Crippen LogP contribution < -0.4 is 0 Å². The number of benzene rings is 1. The first-order valence-electron chi connectivity index (χ1n) is 8.81. The van der Waals surface area contributed by atoms with Gasteiger partial charge in [-0.1, -0.05) is 18.2 Å². The Balaban J connectivity index is 2.34. The van der Waals surface area contributed by atoms with Gasteiger partial charge in [0.25, 0.3) is 0 Å². The number of hydrogen-bond donors (Lipinski definition) is 1. The first-order chi connectivity index (χ1) is 13.1. The number of hydrogen-bond acceptors (Lipinski definition) is 4. The Morgan fingerprint density at radius 1 is 1.25 bits per heavy atom. The van der Waals surface area contributed by atoms with Gasteiger partial charge in [0.05, 0.1) is 18.7 Å². The van der Waals surface area contributed by atoms with E-state index in [9.17, 15) is 14.7 Å². The van der Waals surface area contributed by atoms with Crippen LogP contribution in [0.4, 0.5) is 10.5 Å². The molecule has 0 aliphatic heterocycles. The molecule has 1 aromatic heterocycles. The average Bonchev–Trinajstić information content (AvgIpc) is 2.64. The number of carbonyl (C=O) groups is 2. The molecule has 0 fully saturated rings. The van der Waals surface area contributed by atoms with Crippen molar-refractivity contribution in [2.45, 2.75) is 39.8 Å². The molecule has 146 valence electrons. The van der Waals surface area contributed by atoms with Crippen LogP contribution in [0.3, 0.4) is 0 Å². The van der Waals surface area contributed by atoms with Gasteiger partial charge >= 0.3 is 12.1 Å². The van der Waals surface area contributed by atoms with Gasteiger partial charge in [-0.15, -0.1) is 0 Å². The number of amides is 1. The summed E-state index contributed by atoms with van der Waals surface area (Å²) in [5.74, 6) is -1.07. The van der Waals surface area contributed by atoms with Gasteiger partial charge in [0, 0.05) is 18.9 Å². The number of carboxylic acids is 1. The second kappa shape index (κ2) is 8.53. The summed E-state index contributed by atoms with van der Waals surface area (Å²) in [6, 6.07) is 6.15. The van der Waals surface area contributed by atoms with E-state index in [4.69, 9.17) is 11.3 Å². The van der Waals surface area contributed by atoms with E-state index in [0.29, 0.717) is 23.4 Å². The van der Waals surface area contributed by atoms with E-state index in [2.05, 4.69) is 9.83 Å². The maximum atomic E-state index is 12.3. The lowest BCUT2D eigenvalue weighted by Gasteiger charge is -2.26. The summed E-state index contributed by atoms with van der Waals surface area (Å²) in [5.41, 5.74) is 1.70. The van der Waals surface area contributed by atoms with Gasteiger partial charge in [-0.3, -0.25) is 4.98 Å². The van der Waals surface area contributed by atoms with Crippen LogP contribution in [0.2, 0.25) is 0 Å². The van der Waals surface area contributed by atoms with Crippen LogP contribution in [-0.2, 0) is 11.3 Å². The van der Waals surface area contributed by atoms with E-state index in [1.165, 1.54) is 18.2 Å². The Morgan fingerprint density at radius 2 is 1.96 bits per heavy atom. The summed E-state index contributed by atoms with van der Waals surface area (Å²) in [7, 11) is 0. The molecule has 1 amide bonds. The Labute approximate surface area is 164 Å². The van der Waals surface area contributed by atoms with Crippen LogP contribution in [0.1, 0.15) is 43.6 Å². The highest BCUT2D eigenvalue weighted by atomic mass is 16.6. The maximum absolute atomic E-state index is 12.3. The van der Waals surface area contributed by atoms with Gasteiger partial charge in [-0.25, -0.2) is 14.4 Å². The van der Waals surface area contributed by atoms with Crippen LogP contribution in [0.25, 0.3) is 16.0 Å². The summed E-state index contributed by atoms with van der Waals surface area (Å²) in [5, 5.41) is 9.23. The quantitative estimate of drug-likeness (QED) is 0.755. The number of carboxylic acid groups (broad SMARTS) is 1. The highest BCUT2D eigenvalue weighted by molar-refractivity contribution is 5.92. The van der Waals surface area contributed by atoms with E-state index in [1.807, 2.05) is 27.7 Å². The Morgan fingerprint density at radius 3 is 2.54 bits per heavy atom. The molecule has 2 aromatic rings. The Bertz CT molecular complexity index is 926. The molecule has 0 atom stereocenters. The molecule has 0 aliphatic rings. The first-order valence-corrected chi connectivity index (χ1v) is 8.81. The molecule has 1 aromatic carbocycles. The van der Waals surface area contributed by atoms with Gasteiger partial charge in [0.15, 0.2) is 5.69 Å². The Hall–Kier alpha value is -3.40. The fraction of sp³-hybridized carbons (Fsp3) is 0.333. The van der Waals surface area contributed by atoms with Crippen molar-refractivity contribution in [3.63, 3.8) is 0 Å². The van der Waals surface area contributed by atoms with Gasteiger partial charge in [-0.2, -0.15) is 0 Å². The monoisotopic (exact) mass is 381 g/mol. The predicted molar refractivity (Wildman–Crippen MR) is 105 cm³/mol. The van der Waals surface area contributed by atoms with E-state index in [0.717, 1.165) is 5.56 Å². The van der Waals surface area contributed by atoms with Crippen LogP contribution in [0.5, 0.6) is 0 Å². The highest BCUT2D eigenvalue weighted by Gasteiger charge is 2.21. The summed E-state index contributed by atoms with van der Waals surface area (Å²) < 4.78 is 5.42. The number of nitrogens with zero attached hydrogens (tertiary/aromatic N) is 3. The van der Waals surface area contributed by atoms with Crippen molar-refractivity contribution in [2.24, 2.45) is 0 Å². The largest absolute Gasteiger partial charge is 0.478 e. The van der Waals surface area contributed by atoms with E-state index in [1.54, 1.807) is 23.4 Å². The zero-order valence-electron chi connectivity index (χ0n) is 16.4. The van der Waals surface area contributed by atoms with Gasteiger partial charge in [0.2, 0.25) is 0 Å². The molecular weight excluding hydrogens is 358 g/mol. The first kappa shape index (κ1) is 20.9. The molecule has 7 heteroatoms. The normalized spacial score (nSPS) is 10.8. The SMILES string of the molecule is [C-]#[N+]c1ccc(C(=O)O)cc1-c1cncc(CN(CC)C(=O)OC(C)(C)C)c1. The third-order valence-corrected chi connectivity index (χ3v) is 3.88. The molecule has 0 unspecified atom stereocenters. The molecule has 7 nitrogen and oxygen atoms in total. The van der Waals surface area contributed by atoms with Gasteiger partial charge in [-0.05, 0) is 50.5 Å². The number of rotatable bonds is 5. The topological polar surface area (TPSA) is 84.1 Å². The van der Waals surface area contributed by atoms with Crippen molar-refractivity contribution in [3.8, 4) is 11.1 Å². The molecule has 0 saturated carbocycles. The van der Waals surface area contributed by atoms with Crippen LogP contribution >= 0.6 is 0 Å². The maximum Gasteiger partial charge on any atom is 0.410 e. The molecule has 0 radical (unpaired) electrons. The molecule has 2 rings (SSSR count). The standard InChI is InChI=1S/C21H23N3O4/c1-6-24(20(27)28-21(2,3)4)13-14-9-16(12-23-11-14)17-10-15(19(25)26)7-8-18(17)22-5/h7-12H,6,13H2,1-4H3,(H,25,26). The number of carbonyl (C=O) groups excluding carboxylic acids is 1. The van der Waals surface area contributed by atoms with Crippen molar-refractivity contribution >= 4 is 17.7 Å². The number of aromatic nitrogens is 1. The summed E-state index contributed by atoms with van der Waals surface area (Å²) in [4.78, 5) is 32.8. The zero-order chi connectivity index (χ0) is 20.9. The summed E-state index contributed by atoms with van der Waals surface area (Å²) >= 11 is 0. The van der Waals surface area contributed by atoms with Crippen LogP contribution in [0, 0.1) is 6.57 Å². The van der Waals surface area contributed by atoms with Crippen molar-refractivity contribution in [1.29, 1.82) is 0 Å². The molecule has 0 bridgehead atoms. The highest BCUT2D eigenvalue weighted by Crippen LogP contribution is 2.31. The van der Waals surface area contributed by atoms with Crippen molar-refractivity contribution < 1.29 is 19.4 Å². The Kier molecular flexibility index (Phi) is 6.37. The van der Waals surface area contributed by atoms with Crippen LogP contribution in [-0.4, -0.2) is 39.2 Å². The molecule has 0 aliphatic carbocycles. The average molecular weight is 381 g/mol. The smallest absolute Gasteiger partial charge is 0.410 e. The lowest BCUT2D eigenvalue weighted by Crippen LogP contribution is -2.36. The number of aromatic carboxylic acids is 1. The predicted octanol–water partition coefficient (Wildman–Crippen LogP) is 4.75. The molecule has 0 spiro atoms. The van der Waals surface area contributed by atoms with Crippen molar-refractivity contribution in [2.75, 3.05) is 6.54 Å². The molecule has 28 heavy (non-hydrogen) atoms. The molecule has 1 N–H and O–H groups in total. The molecule has 0 saturated heterocycles. The molecule has 1 heterocycles. The summed E-state index contributed by atoms with van der Waals surface area (Å²) in [6.45, 7) is 15.4.